The normalized spacial score (nSPS) is 11.3. The van der Waals surface area contributed by atoms with E-state index in [2.05, 4.69) is 20.6 Å². The predicted molar refractivity (Wildman–Crippen MR) is 69.0 cm³/mol. The molecule has 0 saturated heterocycles. The molecule has 0 aliphatic carbocycles. The maximum Gasteiger partial charge on any atom is 0.191 e. The Kier molecular flexibility index (Phi) is 6.74. The number of nitrogens with zero attached hydrogens (tertiary/aromatic N) is 2. The monoisotopic (exact) mass is 236 g/mol. The van der Waals surface area contributed by atoms with Gasteiger partial charge in [0.25, 0.3) is 0 Å². The average Bonchev–Trinajstić information content (AvgIpc) is 2.37. The summed E-state index contributed by atoms with van der Waals surface area (Å²) in [5, 5.41) is 15.0. The van der Waals surface area contributed by atoms with Crippen LogP contribution in [0.5, 0.6) is 0 Å². The van der Waals surface area contributed by atoms with Crippen LogP contribution in [0.3, 0.4) is 0 Å². The smallest absolute Gasteiger partial charge is 0.191 e. The molecule has 0 aliphatic rings. The zero-order valence-corrected chi connectivity index (χ0v) is 10.2. The number of aliphatic hydroxyl groups excluding tert-OH is 1. The van der Waals surface area contributed by atoms with Gasteiger partial charge in [0, 0.05) is 31.4 Å². The summed E-state index contributed by atoms with van der Waals surface area (Å²) in [7, 11) is 0. The second-order valence-electron chi connectivity index (χ2n) is 3.48. The molecule has 0 fully saturated rings. The zero-order valence-electron chi connectivity index (χ0n) is 10.2. The molecular formula is C12H20N4O. The van der Waals surface area contributed by atoms with Crippen molar-refractivity contribution in [2.75, 3.05) is 26.2 Å². The third-order valence-corrected chi connectivity index (χ3v) is 2.11. The summed E-state index contributed by atoms with van der Waals surface area (Å²) in [6, 6.07) is 5.89. The lowest BCUT2D eigenvalue weighted by Gasteiger charge is -2.10. The summed E-state index contributed by atoms with van der Waals surface area (Å²) >= 11 is 0. The highest BCUT2D eigenvalue weighted by Gasteiger charge is 1.97. The Bertz CT molecular complexity index is 327. The minimum Gasteiger partial charge on any atom is -0.394 e. The van der Waals surface area contributed by atoms with Gasteiger partial charge in [-0.15, -0.1) is 0 Å². The number of nitrogens with one attached hydrogen (secondary N) is 2. The van der Waals surface area contributed by atoms with Crippen LogP contribution in [0.4, 0.5) is 0 Å². The van der Waals surface area contributed by atoms with Crippen molar-refractivity contribution in [1.82, 2.24) is 15.6 Å². The van der Waals surface area contributed by atoms with Gasteiger partial charge in [-0.05, 0) is 19.1 Å². The van der Waals surface area contributed by atoms with Gasteiger partial charge < -0.3 is 15.7 Å². The van der Waals surface area contributed by atoms with Gasteiger partial charge in [-0.25, -0.2) is 0 Å². The number of rotatable bonds is 6. The van der Waals surface area contributed by atoms with Crippen molar-refractivity contribution in [1.29, 1.82) is 0 Å². The number of hydrogen-bond donors (Lipinski definition) is 3. The van der Waals surface area contributed by atoms with Crippen molar-refractivity contribution in [2.45, 2.75) is 13.3 Å². The lowest BCUT2D eigenvalue weighted by molar-refractivity contribution is 0.306. The minimum absolute atomic E-state index is 0.0663. The molecule has 1 rings (SSSR count). The van der Waals surface area contributed by atoms with E-state index in [0.29, 0.717) is 6.54 Å². The van der Waals surface area contributed by atoms with E-state index in [-0.39, 0.29) is 6.61 Å². The van der Waals surface area contributed by atoms with Gasteiger partial charge in [0.1, 0.15) is 0 Å². The average molecular weight is 236 g/mol. The maximum absolute atomic E-state index is 8.71. The molecule has 1 aromatic heterocycles. The Morgan fingerprint density at radius 1 is 1.41 bits per heavy atom. The van der Waals surface area contributed by atoms with E-state index in [4.69, 9.17) is 5.11 Å². The molecule has 0 aliphatic heterocycles. The Morgan fingerprint density at radius 2 is 2.29 bits per heavy atom. The highest BCUT2D eigenvalue weighted by molar-refractivity contribution is 5.79. The second kappa shape index (κ2) is 8.52. The van der Waals surface area contributed by atoms with Crippen LogP contribution in [0.1, 0.15) is 12.6 Å². The highest BCUT2D eigenvalue weighted by atomic mass is 16.3. The summed E-state index contributed by atoms with van der Waals surface area (Å²) in [6.45, 7) is 4.07. The molecule has 1 heterocycles. The number of aliphatic imine (C=N–C) groups is 1. The molecule has 0 unspecified atom stereocenters. The van der Waals surface area contributed by atoms with Gasteiger partial charge in [-0.2, -0.15) is 0 Å². The van der Waals surface area contributed by atoms with Crippen molar-refractivity contribution >= 4 is 5.96 Å². The van der Waals surface area contributed by atoms with Crippen LogP contribution in [-0.4, -0.2) is 42.3 Å². The molecule has 5 nitrogen and oxygen atoms in total. The summed E-state index contributed by atoms with van der Waals surface area (Å²) in [5.74, 6) is 0.734. The fraction of sp³-hybridized carbons (Fsp3) is 0.500. The largest absolute Gasteiger partial charge is 0.394 e. The molecular weight excluding hydrogens is 216 g/mol. The maximum atomic E-state index is 8.71. The van der Waals surface area contributed by atoms with Crippen molar-refractivity contribution in [3.8, 4) is 0 Å². The van der Waals surface area contributed by atoms with Crippen molar-refractivity contribution < 1.29 is 5.11 Å². The first kappa shape index (κ1) is 13.4. The molecule has 0 amide bonds. The van der Waals surface area contributed by atoms with Gasteiger partial charge in [0.2, 0.25) is 0 Å². The fourth-order valence-electron chi connectivity index (χ4n) is 1.36. The first-order valence-corrected chi connectivity index (χ1v) is 5.89. The van der Waals surface area contributed by atoms with Crippen LogP contribution < -0.4 is 10.6 Å². The molecule has 0 spiro atoms. The van der Waals surface area contributed by atoms with E-state index < -0.39 is 0 Å². The van der Waals surface area contributed by atoms with Gasteiger partial charge in [-0.1, -0.05) is 6.07 Å². The molecule has 0 aromatic carbocycles. The lowest BCUT2D eigenvalue weighted by atomic mass is 10.3. The number of aromatic nitrogens is 1. The molecule has 94 valence electrons. The summed E-state index contributed by atoms with van der Waals surface area (Å²) in [4.78, 5) is 8.43. The predicted octanol–water partition coefficient (Wildman–Crippen LogP) is 0.171. The van der Waals surface area contributed by atoms with Crippen LogP contribution in [0.15, 0.2) is 29.4 Å². The van der Waals surface area contributed by atoms with Crippen LogP contribution in [0.2, 0.25) is 0 Å². The molecule has 0 atom stereocenters. The summed E-state index contributed by atoms with van der Waals surface area (Å²) in [6.07, 6.45) is 2.64. The summed E-state index contributed by atoms with van der Waals surface area (Å²) in [5.41, 5.74) is 1.05. The fourth-order valence-corrected chi connectivity index (χ4v) is 1.36. The first-order valence-electron chi connectivity index (χ1n) is 5.89. The van der Waals surface area contributed by atoms with Crippen LogP contribution in [0, 0.1) is 0 Å². The number of aliphatic hydroxyl groups is 1. The van der Waals surface area contributed by atoms with Crippen LogP contribution in [-0.2, 0) is 6.42 Å². The topological polar surface area (TPSA) is 69.5 Å². The molecule has 17 heavy (non-hydrogen) atoms. The lowest BCUT2D eigenvalue weighted by Crippen LogP contribution is -2.38. The molecule has 0 bridgehead atoms. The van der Waals surface area contributed by atoms with Crippen molar-refractivity contribution in [2.24, 2.45) is 4.99 Å². The van der Waals surface area contributed by atoms with E-state index in [9.17, 15) is 0 Å². The third-order valence-electron chi connectivity index (χ3n) is 2.11. The Balaban J connectivity index is 2.32. The Labute approximate surface area is 102 Å². The Morgan fingerprint density at radius 3 is 2.94 bits per heavy atom. The van der Waals surface area contributed by atoms with Gasteiger partial charge in [0.05, 0.1) is 13.2 Å². The van der Waals surface area contributed by atoms with Gasteiger partial charge in [0.15, 0.2) is 5.96 Å². The molecule has 3 N–H and O–H groups in total. The van der Waals surface area contributed by atoms with Gasteiger partial charge in [-0.3, -0.25) is 9.98 Å². The molecule has 5 heteroatoms. The SMILES string of the molecule is CCNC(=NCCO)NCCc1ccccn1. The third kappa shape index (κ3) is 5.87. The van der Waals surface area contributed by atoms with Crippen molar-refractivity contribution in [3.63, 3.8) is 0 Å². The zero-order chi connectivity index (χ0) is 12.3. The first-order chi connectivity index (χ1) is 8.36. The highest BCUT2D eigenvalue weighted by Crippen LogP contribution is 1.92. The number of guanidine groups is 1. The van der Waals surface area contributed by atoms with Crippen LogP contribution >= 0.6 is 0 Å². The number of pyridine rings is 1. The van der Waals surface area contributed by atoms with E-state index in [1.165, 1.54) is 0 Å². The molecule has 0 radical (unpaired) electrons. The summed E-state index contributed by atoms with van der Waals surface area (Å²) < 4.78 is 0. The van der Waals surface area contributed by atoms with E-state index in [1.807, 2.05) is 25.1 Å². The minimum atomic E-state index is 0.0663. The van der Waals surface area contributed by atoms with E-state index in [0.717, 1.165) is 31.2 Å². The van der Waals surface area contributed by atoms with E-state index in [1.54, 1.807) is 6.20 Å². The van der Waals surface area contributed by atoms with Gasteiger partial charge >= 0.3 is 0 Å². The second-order valence-corrected chi connectivity index (χ2v) is 3.48. The molecule has 0 saturated carbocycles. The van der Waals surface area contributed by atoms with E-state index >= 15 is 0 Å². The van der Waals surface area contributed by atoms with Crippen molar-refractivity contribution in [3.05, 3.63) is 30.1 Å². The molecule has 1 aromatic rings. The van der Waals surface area contributed by atoms with Crippen LogP contribution in [0.25, 0.3) is 0 Å². The standard InChI is InChI=1S/C12H20N4O/c1-2-13-12(16-9-10-17)15-8-6-11-5-3-4-7-14-11/h3-5,7,17H,2,6,8-10H2,1H3,(H2,13,15,16). The Hall–Kier alpha value is -1.62. The number of hydrogen-bond acceptors (Lipinski definition) is 3. The quantitative estimate of drug-likeness (QED) is 0.486.